The van der Waals surface area contributed by atoms with E-state index in [0.717, 1.165) is 17.7 Å². The molecule has 1 aromatic heterocycles. The van der Waals surface area contributed by atoms with E-state index in [1.165, 1.54) is 29.4 Å². The first kappa shape index (κ1) is 15.5. The van der Waals surface area contributed by atoms with Crippen LogP contribution in [0.2, 0.25) is 13.1 Å². The van der Waals surface area contributed by atoms with E-state index in [4.69, 9.17) is 9.41 Å². The van der Waals surface area contributed by atoms with E-state index in [9.17, 15) is 0 Å². The highest BCUT2D eigenvalue weighted by molar-refractivity contribution is 6.49. The van der Waals surface area contributed by atoms with Crippen LogP contribution in [-0.4, -0.2) is 14.0 Å². The second kappa shape index (κ2) is 5.69. The van der Waals surface area contributed by atoms with Gasteiger partial charge in [0.1, 0.15) is 5.75 Å². The zero-order valence-corrected chi connectivity index (χ0v) is 15.4. The maximum Gasteiger partial charge on any atom is 0.274 e. The molecule has 3 heteroatoms. The number of aromatic nitrogens is 1. The second-order valence-electron chi connectivity index (χ2n) is 7.67. The van der Waals surface area contributed by atoms with E-state index >= 15 is 0 Å². The summed E-state index contributed by atoms with van der Waals surface area (Å²) in [6.07, 6.45) is 5.78. The molecule has 0 fully saturated rings. The maximum absolute atomic E-state index is 6.22. The Morgan fingerprint density at radius 2 is 2.00 bits per heavy atom. The topological polar surface area (TPSA) is 22.1 Å². The first-order valence-corrected chi connectivity index (χ1v) is 10.7. The van der Waals surface area contributed by atoms with Crippen LogP contribution in [0.4, 0.5) is 0 Å². The smallest absolute Gasteiger partial charge is 0.274 e. The SMILES string of the molecule is C[Si](C)Oc1cccc2ncc3c(c12)C(C(C)(C)C)CCC3. The molecule has 22 heavy (non-hydrogen) atoms. The van der Waals surface area contributed by atoms with Gasteiger partial charge in [-0.15, -0.1) is 0 Å². The van der Waals surface area contributed by atoms with Gasteiger partial charge < -0.3 is 4.43 Å². The third-order valence-electron chi connectivity index (χ3n) is 4.63. The Labute approximate surface area is 135 Å². The normalized spacial score (nSPS) is 18.5. The molecular formula is C19H26NOSi. The van der Waals surface area contributed by atoms with Gasteiger partial charge in [-0.25, -0.2) is 0 Å². The van der Waals surface area contributed by atoms with Gasteiger partial charge in [0.15, 0.2) is 0 Å². The van der Waals surface area contributed by atoms with Gasteiger partial charge in [0.2, 0.25) is 0 Å². The van der Waals surface area contributed by atoms with E-state index in [2.05, 4.69) is 58.3 Å². The van der Waals surface area contributed by atoms with Gasteiger partial charge in [0.25, 0.3) is 9.04 Å². The molecule has 0 aliphatic heterocycles. The number of pyridine rings is 1. The van der Waals surface area contributed by atoms with Gasteiger partial charge in [-0.2, -0.15) is 0 Å². The van der Waals surface area contributed by atoms with Crippen LogP contribution in [0, 0.1) is 5.41 Å². The Morgan fingerprint density at radius 3 is 2.68 bits per heavy atom. The zero-order chi connectivity index (χ0) is 15.9. The van der Waals surface area contributed by atoms with Gasteiger partial charge in [-0.05, 0) is 66.9 Å². The molecule has 0 saturated heterocycles. The van der Waals surface area contributed by atoms with Gasteiger partial charge in [-0.3, -0.25) is 4.98 Å². The number of hydrogen-bond acceptors (Lipinski definition) is 2. The van der Waals surface area contributed by atoms with E-state index in [1.54, 1.807) is 0 Å². The molecule has 117 valence electrons. The van der Waals surface area contributed by atoms with E-state index in [0.29, 0.717) is 5.92 Å². The first-order chi connectivity index (χ1) is 10.4. The van der Waals surface area contributed by atoms with Crippen molar-refractivity contribution in [2.24, 2.45) is 5.41 Å². The summed E-state index contributed by atoms with van der Waals surface area (Å²) in [4.78, 5) is 4.71. The minimum Gasteiger partial charge on any atom is -0.542 e. The summed E-state index contributed by atoms with van der Waals surface area (Å²) in [6, 6.07) is 6.31. The van der Waals surface area contributed by atoms with Crippen LogP contribution >= 0.6 is 0 Å². The lowest BCUT2D eigenvalue weighted by Gasteiger charge is -2.36. The average molecular weight is 313 g/mol. The summed E-state index contributed by atoms with van der Waals surface area (Å²) in [5, 5.41) is 1.27. The molecule has 0 spiro atoms. The second-order valence-corrected chi connectivity index (χ2v) is 9.69. The standard InChI is InChI=1S/C19H26NOSi/c1-19(2,3)14-9-6-8-13-12-20-15-10-7-11-16(21-22(4)5)18(15)17(13)14/h7,10-12,14H,6,8-9H2,1-5H3. The lowest BCUT2D eigenvalue weighted by molar-refractivity contribution is 0.291. The van der Waals surface area contributed by atoms with Crippen LogP contribution in [0.5, 0.6) is 5.75 Å². The van der Waals surface area contributed by atoms with Crippen molar-refractivity contribution in [2.45, 2.75) is 59.0 Å². The van der Waals surface area contributed by atoms with Crippen LogP contribution in [0.25, 0.3) is 10.9 Å². The number of rotatable bonds is 2. The molecule has 1 unspecified atom stereocenters. The highest BCUT2D eigenvalue weighted by Crippen LogP contribution is 2.47. The monoisotopic (exact) mass is 312 g/mol. The van der Waals surface area contributed by atoms with Crippen LogP contribution in [0.3, 0.4) is 0 Å². The summed E-state index contributed by atoms with van der Waals surface area (Å²) in [5.41, 5.74) is 4.27. The van der Waals surface area contributed by atoms with Gasteiger partial charge in [-0.1, -0.05) is 26.8 Å². The van der Waals surface area contributed by atoms with Crippen LogP contribution in [-0.2, 0) is 6.42 Å². The Bertz CT molecular complexity index is 688. The highest BCUT2D eigenvalue weighted by atomic mass is 28.3. The molecule has 0 N–H and O–H groups in total. The molecule has 1 aliphatic rings. The third-order valence-corrected chi connectivity index (χ3v) is 5.25. The van der Waals surface area contributed by atoms with Crippen LogP contribution in [0.15, 0.2) is 24.4 Å². The fraction of sp³-hybridized carbons (Fsp3) is 0.526. The molecule has 1 heterocycles. The minimum absolute atomic E-state index is 0.267. The molecule has 2 aromatic rings. The summed E-state index contributed by atoms with van der Waals surface area (Å²) >= 11 is 0. The predicted molar refractivity (Wildman–Crippen MR) is 95.0 cm³/mol. The summed E-state index contributed by atoms with van der Waals surface area (Å²) in [7, 11) is -0.783. The number of fused-ring (bicyclic) bond motifs is 3. The largest absolute Gasteiger partial charge is 0.542 e. The van der Waals surface area contributed by atoms with Gasteiger partial charge in [0.05, 0.1) is 5.52 Å². The number of aryl methyl sites for hydroxylation is 1. The van der Waals surface area contributed by atoms with Gasteiger partial charge >= 0.3 is 0 Å². The highest BCUT2D eigenvalue weighted by Gasteiger charge is 2.33. The fourth-order valence-corrected chi connectivity index (χ4v) is 4.29. The molecule has 0 amide bonds. The molecule has 1 aromatic carbocycles. The lowest BCUT2D eigenvalue weighted by atomic mass is 9.68. The van der Waals surface area contributed by atoms with E-state index in [-0.39, 0.29) is 5.41 Å². The summed E-state index contributed by atoms with van der Waals surface area (Å²) in [6.45, 7) is 11.5. The summed E-state index contributed by atoms with van der Waals surface area (Å²) in [5.74, 6) is 1.62. The lowest BCUT2D eigenvalue weighted by Crippen LogP contribution is -2.24. The van der Waals surface area contributed by atoms with Crippen molar-refractivity contribution in [1.29, 1.82) is 0 Å². The van der Waals surface area contributed by atoms with E-state index in [1.807, 2.05) is 0 Å². The Hall–Kier alpha value is -1.35. The van der Waals surface area contributed by atoms with Crippen molar-refractivity contribution in [2.75, 3.05) is 0 Å². The Balaban J connectivity index is 2.28. The van der Waals surface area contributed by atoms with Crippen molar-refractivity contribution < 1.29 is 4.43 Å². The van der Waals surface area contributed by atoms with Crippen molar-refractivity contribution in [1.82, 2.24) is 4.98 Å². The fourth-order valence-electron chi connectivity index (χ4n) is 3.68. The van der Waals surface area contributed by atoms with Crippen molar-refractivity contribution in [3.63, 3.8) is 0 Å². The van der Waals surface area contributed by atoms with Crippen molar-refractivity contribution in [3.05, 3.63) is 35.5 Å². The minimum atomic E-state index is -0.783. The Kier molecular flexibility index (Phi) is 4.02. The van der Waals surface area contributed by atoms with Crippen LogP contribution in [0.1, 0.15) is 50.7 Å². The molecule has 2 nitrogen and oxygen atoms in total. The number of nitrogens with zero attached hydrogens (tertiary/aromatic N) is 1. The molecular weight excluding hydrogens is 286 g/mol. The first-order valence-electron chi connectivity index (χ1n) is 8.26. The quantitative estimate of drug-likeness (QED) is 0.699. The maximum atomic E-state index is 6.22. The molecule has 0 bridgehead atoms. The van der Waals surface area contributed by atoms with Crippen molar-refractivity contribution in [3.8, 4) is 5.75 Å². The Morgan fingerprint density at radius 1 is 1.23 bits per heavy atom. The van der Waals surface area contributed by atoms with Gasteiger partial charge in [0, 0.05) is 11.6 Å². The molecule has 1 radical (unpaired) electrons. The van der Waals surface area contributed by atoms with Crippen LogP contribution < -0.4 is 4.43 Å². The predicted octanol–water partition coefficient (Wildman–Crippen LogP) is 5.33. The number of hydrogen-bond donors (Lipinski definition) is 0. The molecule has 1 aliphatic carbocycles. The molecule has 1 atom stereocenters. The molecule has 3 rings (SSSR count). The van der Waals surface area contributed by atoms with E-state index < -0.39 is 9.04 Å². The zero-order valence-electron chi connectivity index (χ0n) is 14.4. The summed E-state index contributed by atoms with van der Waals surface area (Å²) < 4.78 is 6.22. The van der Waals surface area contributed by atoms with Crippen molar-refractivity contribution >= 4 is 19.9 Å². The number of benzene rings is 1. The third kappa shape index (κ3) is 2.79. The molecule has 0 saturated carbocycles. The average Bonchev–Trinajstić information content (AvgIpc) is 2.45.